The maximum absolute atomic E-state index is 12.2. The van der Waals surface area contributed by atoms with Crippen LogP contribution in [-0.2, 0) is 0 Å². The van der Waals surface area contributed by atoms with Gasteiger partial charge < -0.3 is 14.2 Å². The third-order valence-corrected chi connectivity index (χ3v) is 3.89. The van der Waals surface area contributed by atoms with E-state index in [1.807, 2.05) is 12.1 Å². The summed E-state index contributed by atoms with van der Waals surface area (Å²) in [5.41, 5.74) is 0.340. The first-order valence-corrected chi connectivity index (χ1v) is 7.42. The molecule has 0 bridgehead atoms. The van der Waals surface area contributed by atoms with Gasteiger partial charge in [-0.25, -0.2) is 4.98 Å². The van der Waals surface area contributed by atoms with Crippen LogP contribution in [0, 0.1) is 6.92 Å². The molecule has 7 heteroatoms. The van der Waals surface area contributed by atoms with E-state index in [2.05, 4.69) is 26.1 Å². The summed E-state index contributed by atoms with van der Waals surface area (Å²) < 4.78 is 11.6. The number of halogens is 1. The number of carbonyl (C=O) groups excluding carboxylic acids is 1. The van der Waals surface area contributed by atoms with E-state index in [0.29, 0.717) is 30.4 Å². The summed E-state index contributed by atoms with van der Waals surface area (Å²) in [5.74, 6) is 1.05. The lowest BCUT2D eigenvalue weighted by molar-refractivity contribution is 0.0760. The Morgan fingerprint density at radius 1 is 1.57 bits per heavy atom. The van der Waals surface area contributed by atoms with Crippen LogP contribution in [0.4, 0.5) is 0 Å². The fraction of sp³-hybridized carbons (Fsp3) is 0.357. The summed E-state index contributed by atoms with van der Waals surface area (Å²) >= 11 is 3.40. The summed E-state index contributed by atoms with van der Waals surface area (Å²) in [6, 6.07) is 5.35. The van der Waals surface area contributed by atoms with Crippen LogP contribution in [0.25, 0.3) is 0 Å². The van der Waals surface area contributed by atoms with E-state index in [0.717, 1.165) is 10.9 Å². The monoisotopic (exact) mass is 351 g/mol. The maximum Gasteiger partial charge on any atom is 0.276 e. The summed E-state index contributed by atoms with van der Waals surface area (Å²) in [6.07, 6.45) is 2.38. The van der Waals surface area contributed by atoms with Gasteiger partial charge in [-0.15, -0.1) is 0 Å². The van der Waals surface area contributed by atoms with Crippen molar-refractivity contribution in [2.75, 3.05) is 13.1 Å². The van der Waals surface area contributed by atoms with Gasteiger partial charge >= 0.3 is 0 Å². The fourth-order valence-electron chi connectivity index (χ4n) is 2.25. The number of hydrogen-bond donors (Lipinski definition) is 0. The fourth-order valence-corrected chi connectivity index (χ4v) is 2.60. The molecule has 0 N–H and O–H groups in total. The SMILES string of the molecule is Cc1cc(C(=O)N2CCC(Oc3ncccc3Br)C2)no1. The third-order valence-electron chi connectivity index (χ3n) is 3.28. The zero-order chi connectivity index (χ0) is 14.8. The molecule has 110 valence electrons. The van der Waals surface area contributed by atoms with E-state index in [4.69, 9.17) is 9.26 Å². The molecule has 3 heterocycles. The van der Waals surface area contributed by atoms with E-state index in [-0.39, 0.29) is 12.0 Å². The number of aromatic nitrogens is 2. The Morgan fingerprint density at radius 2 is 2.43 bits per heavy atom. The lowest BCUT2D eigenvalue weighted by atomic mass is 10.3. The molecule has 0 radical (unpaired) electrons. The molecule has 1 aliphatic heterocycles. The Labute approximate surface area is 130 Å². The van der Waals surface area contributed by atoms with Crippen LogP contribution in [0.3, 0.4) is 0 Å². The average molecular weight is 352 g/mol. The van der Waals surface area contributed by atoms with Crippen molar-refractivity contribution in [3.63, 3.8) is 0 Å². The lowest BCUT2D eigenvalue weighted by Crippen LogP contribution is -2.31. The molecule has 0 saturated carbocycles. The molecule has 3 rings (SSSR count). The molecular formula is C14H14BrN3O3. The second-order valence-electron chi connectivity index (χ2n) is 4.89. The summed E-state index contributed by atoms with van der Waals surface area (Å²) in [6.45, 7) is 2.92. The van der Waals surface area contributed by atoms with Gasteiger partial charge in [0.05, 0.1) is 11.0 Å². The van der Waals surface area contributed by atoms with Gasteiger partial charge in [-0.2, -0.15) is 0 Å². The number of amides is 1. The summed E-state index contributed by atoms with van der Waals surface area (Å²) in [5, 5.41) is 3.76. The van der Waals surface area contributed by atoms with Crippen LogP contribution < -0.4 is 4.74 Å². The quantitative estimate of drug-likeness (QED) is 0.849. The topological polar surface area (TPSA) is 68.5 Å². The van der Waals surface area contributed by atoms with E-state index >= 15 is 0 Å². The van der Waals surface area contributed by atoms with E-state index in [1.54, 1.807) is 24.1 Å². The van der Waals surface area contributed by atoms with Crippen molar-refractivity contribution in [3.8, 4) is 5.88 Å². The van der Waals surface area contributed by atoms with Crippen LogP contribution in [-0.4, -0.2) is 40.1 Å². The van der Waals surface area contributed by atoms with Gasteiger partial charge in [0.25, 0.3) is 5.91 Å². The van der Waals surface area contributed by atoms with E-state index < -0.39 is 0 Å². The number of carbonyl (C=O) groups is 1. The van der Waals surface area contributed by atoms with Gasteiger partial charge in [0.15, 0.2) is 5.69 Å². The van der Waals surface area contributed by atoms with E-state index in [1.165, 1.54) is 0 Å². The van der Waals surface area contributed by atoms with Crippen molar-refractivity contribution in [3.05, 3.63) is 40.3 Å². The normalized spacial score (nSPS) is 18.0. The first-order chi connectivity index (χ1) is 10.1. The van der Waals surface area contributed by atoms with Crippen molar-refractivity contribution in [1.82, 2.24) is 15.0 Å². The van der Waals surface area contributed by atoms with Gasteiger partial charge in [0.2, 0.25) is 5.88 Å². The number of aryl methyl sites for hydroxylation is 1. The minimum atomic E-state index is -0.127. The van der Waals surface area contributed by atoms with Crippen molar-refractivity contribution in [1.29, 1.82) is 0 Å². The minimum absolute atomic E-state index is 0.0619. The Morgan fingerprint density at radius 3 is 3.14 bits per heavy atom. The van der Waals surface area contributed by atoms with Gasteiger partial charge in [0, 0.05) is 25.2 Å². The van der Waals surface area contributed by atoms with Gasteiger partial charge in [-0.05, 0) is 35.0 Å². The second kappa shape index (κ2) is 5.85. The van der Waals surface area contributed by atoms with Gasteiger partial charge in [0.1, 0.15) is 11.9 Å². The largest absolute Gasteiger partial charge is 0.472 e. The highest BCUT2D eigenvalue weighted by Crippen LogP contribution is 2.25. The van der Waals surface area contributed by atoms with Crippen LogP contribution >= 0.6 is 15.9 Å². The smallest absolute Gasteiger partial charge is 0.276 e. The number of nitrogens with zero attached hydrogens (tertiary/aromatic N) is 3. The number of rotatable bonds is 3. The number of likely N-dealkylation sites (tertiary alicyclic amines) is 1. The Bertz CT molecular complexity index is 658. The van der Waals surface area contributed by atoms with Crippen LogP contribution in [0.1, 0.15) is 22.7 Å². The van der Waals surface area contributed by atoms with Gasteiger partial charge in [-0.1, -0.05) is 5.16 Å². The van der Waals surface area contributed by atoms with Crippen molar-refractivity contribution >= 4 is 21.8 Å². The minimum Gasteiger partial charge on any atom is -0.472 e. The highest BCUT2D eigenvalue weighted by atomic mass is 79.9. The zero-order valence-corrected chi connectivity index (χ0v) is 13.0. The molecule has 0 aromatic carbocycles. The molecule has 1 atom stereocenters. The van der Waals surface area contributed by atoms with Gasteiger partial charge in [-0.3, -0.25) is 4.79 Å². The van der Waals surface area contributed by atoms with Crippen LogP contribution in [0.5, 0.6) is 5.88 Å². The van der Waals surface area contributed by atoms with E-state index in [9.17, 15) is 4.79 Å². The molecule has 1 unspecified atom stereocenters. The standard InChI is InChI=1S/C14H14BrN3O3/c1-9-7-12(17-21-9)14(19)18-6-4-10(8-18)20-13-11(15)3-2-5-16-13/h2-3,5,7,10H,4,6,8H2,1H3. The first-order valence-electron chi connectivity index (χ1n) is 6.63. The Balaban J connectivity index is 1.63. The molecule has 1 fully saturated rings. The first kappa shape index (κ1) is 14.1. The molecule has 1 aliphatic rings. The number of pyridine rings is 1. The Kier molecular flexibility index (Phi) is 3.92. The molecular weight excluding hydrogens is 338 g/mol. The zero-order valence-electron chi connectivity index (χ0n) is 11.5. The van der Waals surface area contributed by atoms with Crippen molar-refractivity contribution in [2.45, 2.75) is 19.4 Å². The average Bonchev–Trinajstić information content (AvgIpc) is 3.10. The molecule has 21 heavy (non-hydrogen) atoms. The summed E-state index contributed by atoms with van der Waals surface area (Å²) in [4.78, 5) is 18.1. The lowest BCUT2D eigenvalue weighted by Gasteiger charge is -2.16. The third kappa shape index (κ3) is 3.07. The highest BCUT2D eigenvalue weighted by molar-refractivity contribution is 9.10. The van der Waals surface area contributed by atoms with Crippen LogP contribution in [0.2, 0.25) is 0 Å². The van der Waals surface area contributed by atoms with Crippen molar-refractivity contribution in [2.24, 2.45) is 0 Å². The predicted octanol–water partition coefficient (Wildman–Crippen LogP) is 2.43. The molecule has 6 nitrogen and oxygen atoms in total. The molecule has 1 saturated heterocycles. The van der Waals surface area contributed by atoms with Crippen molar-refractivity contribution < 1.29 is 14.1 Å². The molecule has 2 aromatic rings. The predicted molar refractivity (Wildman–Crippen MR) is 78.1 cm³/mol. The summed E-state index contributed by atoms with van der Waals surface area (Å²) in [7, 11) is 0. The van der Waals surface area contributed by atoms with Crippen LogP contribution in [0.15, 0.2) is 33.4 Å². The molecule has 0 aliphatic carbocycles. The molecule has 2 aromatic heterocycles. The number of ether oxygens (including phenoxy) is 1. The number of hydrogen-bond acceptors (Lipinski definition) is 5. The Hall–Kier alpha value is -1.89. The highest BCUT2D eigenvalue weighted by Gasteiger charge is 2.30. The second-order valence-corrected chi connectivity index (χ2v) is 5.75. The molecule has 1 amide bonds. The molecule has 0 spiro atoms. The maximum atomic E-state index is 12.2.